The average molecular weight is 377 g/mol. The minimum absolute atomic E-state index is 0.0909. The number of hydrogen-bond acceptors (Lipinski definition) is 3. The predicted molar refractivity (Wildman–Crippen MR) is 82.3 cm³/mol. The predicted octanol–water partition coefficient (Wildman–Crippen LogP) is 5.59. The SMILES string of the molecule is O=[N+]([O-])c1ccc(Cl)c(Oc2cc(Cl)ccc2CBr)c1. The van der Waals surface area contributed by atoms with Gasteiger partial charge in [-0.3, -0.25) is 10.1 Å². The molecule has 7 heteroatoms. The van der Waals surface area contributed by atoms with Gasteiger partial charge in [-0.15, -0.1) is 0 Å². The third kappa shape index (κ3) is 3.42. The Labute approximate surface area is 133 Å². The second-order valence-corrected chi connectivity index (χ2v) is 5.26. The van der Waals surface area contributed by atoms with Crippen LogP contribution in [0, 0.1) is 10.1 Å². The molecule has 0 spiro atoms. The van der Waals surface area contributed by atoms with E-state index in [1.165, 1.54) is 18.2 Å². The fourth-order valence-electron chi connectivity index (χ4n) is 1.54. The molecule has 0 aliphatic heterocycles. The van der Waals surface area contributed by atoms with Crippen LogP contribution >= 0.6 is 39.1 Å². The average Bonchev–Trinajstić information content (AvgIpc) is 2.41. The lowest BCUT2D eigenvalue weighted by Crippen LogP contribution is -1.93. The van der Waals surface area contributed by atoms with Gasteiger partial charge in [-0.1, -0.05) is 45.2 Å². The van der Waals surface area contributed by atoms with Crippen LogP contribution in [-0.2, 0) is 5.33 Å². The lowest BCUT2D eigenvalue weighted by molar-refractivity contribution is -0.384. The summed E-state index contributed by atoms with van der Waals surface area (Å²) in [6.45, 7) is 0. The summed E-state index contributed by atoms with van der Waals surface area (Å²) in [5.41, 5.74) is 0.767. The first-order chi connectivity index (χ1) is 9.51. The van der Waals surface area contributed by atoms with Gasteiger partial charge in [-0.25, -0.2) is 0 Å². The molecule has 0 bridgehead atoms. The zero-order chi connectivity index (χ0) is 14.7. The van der Waals surface area contributed by atoms with E-state index in [0.717, 1.165) is 5.56 Å². The number of nitro benzene ring substituents is 1. The molecule has 0 radical (unpaired) electrons. The van der Waals surface area contributed by atoms with Gasteiger partial charge in [0.1, 0.15) is 5.75 Å². The van der Waals surface area contributed by atoms with Crippen molar-refractivity contribution in [3.8, 4) is 11.5 Å². The Bertz CT molecular complexity index is 664. The Morgan fingerprint density at radius 2 is 1.90 bits per heavy atom. The number of hydrogen-bond donors (Lipinski definition) is 0. The van der Waals surface area contributed by atoms with Gasteiger partial charge in [-0.05, 0) is 18.2 Å². The molecular weight excluding hydrogens is 369 g/mol. The van der Waals surface area contributed by atoms with Crippen molar-refractivity contribution < 1.29 is 9.66 Å². The van der Waals surface area contributed by atoms with Crippen molar-refractivity contribution in [3.63, 3.8) is 0 Å². The molecule has 0 unspecified atom stereocenters. The smallest absolute Gasteiger partial charge is 0.273 e. The number of ether oxygens (including phenoxy) is 1. The summed E-state index contributed by atoms with van der Waals surface area (Å²) in [4.78, 5) is 10.3. The molecule has 0 aliphatic carbocycles. The summed E-state index contributed by atoms with van der Waals surface area (Å²) in [6.07, 6.45) is 0. The van der Waals surface area contributed by atoms with Crippen LogP contribution in [0.4, 0.5) is 5.69 Å². The number of nitro groups is 1. The van der Waals surface area contributed by atoms with Crippen molar-refractivity contribution in [2.45, 2.75) is 5.33 Å². The van der Waals surface area contributed by atoms with Gasteiger partial charge in [0.15, 0.2) is 5.75 Å². The number of non-ortho nitro benzene ring substituents is 1. The highest BCUT2D eigenvalue weighted by molar-refractivity contribution is 9.08. The van der Waals surface area contributed by atoms with Crippen LogP contribution in [-0.4, -0.2) is 4.92 Å². The maximum absolute atomic E-state index is 10.8. The molecule has 0 atom stereocenters. The minimum atomic E-state index is -0.507. The Kier molecular flexibility index (Phi) is 4.86. The summed E-state index contributed by atoms with van der Waals surface area (Å²) < 4.78 is 5.65. The van der Waals surface area contributed by atoms with Gasteiger partial charge in [0.2, 0.25) is 0 Å². The van der Waals surface area contributed by atoms with Crippen molar-refractivity contribution in [1.82, 2.24) is 0 Å². The van der Waals surface area contributed by atoms with E-state index in [-0.39, 0.29) is 16.5 Å². The van der Waals surface area contributed by atoms with E-state index in [0.29, 0.717) is 16.1 Å². The highest BCUT2D eigenvalue weighted by Crippen LogP contribution is 2.35. The van der Waals surface area contributed by atoms with Crippen molar-refractivity contribution >= 4 is 44.8 Å². The molecule has 2 aromatic carbocycles. The maximum atomic E-state index is 10.8. The molecule has 2 rings (SSSR count). The molecule has 2 aromatic rings. The third-order valence-corrected chi connectivity index (χ3v) is 3.67. The van der Waals surface area contributed by atoms with E-state index in [4.69, 9.17) is 27.9 Å². The second kappa shape index (κ2) is 6.43. The lowest BCUT2D eigenvalue weighted by atomic mass is 10.2. The number of halogens is 3. The normalized spacial score (nSPS) is 10.3. The number of alkyl halides is 1. The van der Waals surface area contributed by atoms with Crippen LogP contribution in [0.15, 0.2) is 36.4 Å². The molecule has 0 aromatic heterocycles. The lowest BCUT2D eigenvalue weighted by Gasteiger charge is -2.11. The van der Waals surface area contributed by atoms with E-state index in [1.807, 2.05) is 0 Å². The van der Waals surface area contributed by atoms with Crippen LogP contribution in [0.1, 0.15) is 5.56 Å². The molecule has 0 amide bonds. The molecule has 0 saturated heterocycles. The van der Waals surface area contributed by atoms with Gasteiger partial charge in [-0.2, -0.15) is 0 Å². The van der Waals surface area contributed by atoms with Crippen molar-refractivity contribution in [2.75, 3.05) is 0 Å². The Hall–Kier alpha value is -1.30. The molecule has 4 nitrogen and oxygen atoms in total. The monoisotopic (exact) mass is 375 g/mol. The number of benzene rings is 2. The van der Waals surface area contributed by atoms with E-state index in [2.05, 4.69) is 15.9 Å². The Morgan fingerprint density at radius 3 is 2.55 bits per heavy atom. The van der Waals surface area contributed by atoms with E-state index in [1.54, 1.807) is 18.2 Å². The molecule has 0 fully saturated rings. The zero-order valence-corrected chi connectivity index (χ0v) is 13.1. The summed E-state index contributed by atoms with van der Waals surface area (Å²) in [5.74, 6) is 0.710. The Morgan fingerprint density at radius 1 is 1.15 bits per heavy atom. The topological polar surface area (TPSA) is 52.4 Å². The van der Waals surface area contributed by atoms with Gasteiger partial charge >= 0.3 is 0 Å². The van der Waals surface area contributed by atoms with Gasteiger partial charge in [0, 0.05) is 22.0 Å². The second-order valence-electron chi connectivity index (χ2n) is 3.86. The van der Waals surface area contributed by atoms with Crippen molar-refractivity contribution in [3.05, 3.63) is 62.1 Å². The maximum Gasteiger partial charge on any atom is 0.273 e. The highest BCUT2D eigenvalue weighted by Gasteiger charge is 2.13. The van der Waals surface area contributed by atoms with Gasteiger partial charge in [0.05, 0.1) is 16.0 Å². The van der Waals surface area contributed by atoms with Gasteiger partial charge < -0.3 is 4.74 Å². The third-order valence-electron chi connectivity index (χ3n) is 2.52. The first-order valence-corrected chi connectivity index (χ1v) is 7.35. The standard InChI is InChI=1S/C13H8BrCl2NO3/c14-7-8-1-2-9(15)5-12(8)20-13-6-10(17(18)19)3-4-11(13)16/h1-6H,7H2. The van der Waals surface area contributed by atoms with Crippen LogP contribution in [0.5, 0.6) is 11.5 Å². The molecule has 0 aliphatic rings. The minimum Gasteiger partial charge on any atom is -0.455 e. The first-order valence-electron chi connectivity index (χ1n) is 5.47. The molecule has 0 saturated carbocycles. The zero-order valence-electron chi connectivity index (χ0n) is 9.98. The Balaban J connectivity index is 2.41. The molecule has 20 heavy (non-hydrogen) atoms. The van der Waals surface area contributed by atoms with Crippen LogP contribution < -0.4 is 4.74 Å². The van der Waals surface area contributed by atoms with E-state index < -0.39 is 4.92 Å². The molecule has 0 N–H and O–H groups in total. The van der Waals surface area contributed by atoms with E-state index >= 15 is 0 Å². The van der Waals surface area contributed by atoms with E-state index in [9.17, 15) is 10.1 Å². The van der Waals surface area contributed by atoms with Crippen LogP contribution in [0.2, 0.25) is 10.0 Å². The van der Waals surface area contributed by atoms with Crippen LogP contribution in [0.25, 0.3) is 0 Å². The molecular formula is C13H8BrCl2NO3. The fraction of sp³-hybridized carbons (Fsp3) is 0.0769. The number of nitrogens with zero attached hydrogens (tertiary/aromatic N) is 1. The summed E-state index contributed by atoms with van der Waals surface area (Å²) in [5, 5.41) is 12.1. The van der Waals surface area contributed by atoms with Gasteiger partial charge in [0.25, 0.3) is 5.69 Å². The number of rotatable bonds is 4. The summed E-state index contributed by atoms with van der Waals surface area (Å²) >= 11 is 15.3. The first kappa shape index (κ1) is 15.1. The summed E-state index contributed by atoms with van der Waals surface area (Å²) in [6, 6.07) is 9.19. The molecule has 104 valence electrons. The molecule has 0 heterocycles. The van der Waals surface area contributed by atoms with Crippen molar-refractivity contribution in [2.24, 2.45) is 0 Å². The fourth-order valence-corrected chi connectivity index (χ4v) is 2.32. The summed E-state index contributed by atoms with van der Waals surface area (Å²) in [7, 11) is 0. The van der Waals surface area contributed by atoms with Crippen LogP contribution in [0.3, 0.4) is 0 Å². The highest BCUT2D eigenvalue weighted by atomic mass is 79.9. The van der Waals surface area contributed by atoms with Crippen molar-refractivity contribution in [1.29, 1.82) is 0 Å². The quantitative estimate of drug-likeness (QED) is 0.397. The largest absolute Gasteiger partial charge is 0.455 e.